The van der Waals surface area contributed by atoms with Gasteiger partial charge in [0.15, 0.2) is 0 Å². The molecule has 0 saturated heterocycles. The molecule has 0 fully saturated rings. The third-order valence-electron chi connectivity index (χ3n) is 3.54. The first kappa shape index (κ1) is 14.1. The van der Waals surface area contributed by atoms with E-state index in [1.165, 1.54) is 15.8 Å². The lowest BCUT2D eigenvalue weighted by molar-refractivity contribution is 0.0697. The molecule has 21 heavy (non-hydrogen) atoms. The van der Waals surface area contributed by atoms with E-state index in [0.29, 0.717) is 12.2 Å². The van der Waals surface area contributed by atoms with Crippen LogP contribution in [0, 0.1) is 0 Å². The van der Waals surface area contributed by atoms with Gasteiger partial charge in [0.25, 0.3) is 10.0 Å². The lowest BCUT2D eigenvalue weighted by Gasteiger charge is -2.18. The molecule has 0 radical (unpaired) electrons. The predicted octanol–water partition coefficient (Wildman–Crippen LogP) is 2.76. The van der Waals surface area contributed by atoms with Crippen LogP contribution in [0.2, 0.25) is 0 Å². The second-order valence-corrected chi connectivity index (χ2v) is 7.96. The van der Waals surface area contributed by atoms with Crippen molar-refractivity contribution < 1.29 is 18.3 Å². The SMILES string of the molecule is C[C@H]1CN(S(=O)(=O)c2cc(C(=O)O)cs2)c2ccccc21. The number of anilines is 1. The van der Waals surface area contributed by atoms with E-state index in [4.69, 9.17) is 5.11 Å². The number of sulfonamides is 1. The van der Waals surface area contributed by atoms with Gasteiger partial charge < -0.3 is 5.11 Å². The molecule has 0 unspecified atom stereocenters. The summed E-state index contributed by atoms with van der Waals surface area (Å²) in [4.78, 5) is 10.9. The molecule has 1 atom stereocenters. The molecular weight excluding hydrogens is 310 g/mol. The molecule has 2 heterocycles. The smallest absolute Gasteiger partial charge is 0.336 e. The zero-order chi connectivity index (χ0) is 15.2. The number of benzene rings is 1. The Balaban J connectivity index is 2.05. The van der Waals surface area contributed by atoms with E-state index in [9.17, 15) is 13.2 Å². The summed E-state index contributed by atoms with van der Waals surface area (Å²) in [5.41, 5.74) is 1.67. The van der Waals surface area contributed by atoms with Crippen LogP contribution in [0.5, 0.6) is 0 Å². The first-order chi connectivity index (χ1) is 9.91. The Labute approximate surface area is 126 Å². The fraction of sp³-hybridized carbons (Fsp3) is 0.214. The third-order valence-corrected chi connectivity index (χ3v) is 6.74. The van der Waals surface area contributed by atoms with Gasteiger partial charge >= 0.3 is 5.97 Å². The quantitative estimate of drug-likeness (QED) is 0.942. The molecular formula is C14H13NO4S2. The van der Waals surface area contributed by atoms with Gasteiger partial charge in [-0.2, -0.15) is 0 Å². The third kappa shape index (κ3) is 2.22. The van der Waals surface area contributed by atoms with Gasteiger partial charge in [-0.05, 0) is 17.7 Å². The Morgan fingerprint density at radius 3 is 2.76 bits per heavy atom. The molecule has 1 aromatic carbocycles. The van der Waals surface area contributed by atoms with Crippen LogP contribution in [-0.4, -0.2) is 26.0 Å². The summed E-state index contributed by atoms with van der Waals surface area (Å²) in [6.07, 6.45) is 0. The molecule has 3 rings (SSSR count). The second-order valence-electron chi connectivity index (χ2n) is 4.96. The highest BCUT2D eigenvalue weighted by atomic mass is 32.2. The molecule has 1 aliphatic rings. The fourth-order valence-corrected chi connectivity index (χ4v) is 5.32. The average Bonchev–Trinajstić information content (AvgIpc) is 3.05. The molecule has 5 nitrogen and oxygen atoms in total. The highest BCUT2D eigenvalue weighted by Crippen LogP contribution is 2.40. The van der Waals surface area contributed by atoms with Crippen LogP contribution < -0.4 is 4.31 Å². The number of fused-ring (bicyclic) bond motifs is 1. The van der Waals surface area contributed by atoms with Crippen molar-refractivity contribution in [3.05, 3.63) is 46.8 Å². The molecule has 0 saturated carbocycles. The average molecular weight is 323 g/mol. The van der Waals surface area contributed by atoms with Crippen LogP contribution in [0.3, 0.4) is 0 Å². The monoisotopic (exact) mass is 323 g/mol. The molecule has 7 heteroatoms. The molecule has 1 aromatic heterocycles. The first-order valence-corrected chi connectivity index (χ1v) is 8.66. The number of hydrogen-bond acceptors (Lipinski definition) is 4. The van der Waals surface area contributed by atoms with Crippen molar-refractivity contribution in [3.63, 3.8) is 0 Å². The molecule has 0 spiro atoms. The summed E-state index contributed by atoms with van der Waals surface area (Å²) in [6, 6.07) is 8.61. The van der Waals surface area contributed by atoms with E-state index in [1.54, 1.807) is 12.1 Å². The van der Waals surface area contributed by atoms with Gasteiger partial charge in [0, 0.05) is 17.8 Å². The van der Waals surface area contributed by atoms with Crippen molar-refractivity contribution in [3.8, 4) is 0 Å². The number of carbonyl (C=O) groups is 1. The molecule has 1 N–H and O–H groups in total. The second kappa shape index (κ2) is 4.85. The van der Waals surface area contributed by atoms with Gasteiger partial charge in [0.05, 0.1) is 11.3 Å². The van der Waals surface area contributed by atoms with Gasteiger partial charge in [0.2, 0.25) is 0 Å². The first-order valence-electron chi connectivity index (χ1n) is 6.35. The minimum atomic E-state index is -3.71. The Kier molecular flexibility index (Phi) is 3.26. The van der Waals surface area contributed by atoms with E-state index >= 15 is 0 Å². The summed E-state index contributed by atoms with van der Waals surface area (Å²) in [5, 5.41) is 10.3. The Hall–Kier alpha value is -1.86. The number of carboxylic acids is 1. The maximum absolute atomic E-state index is 12.7. The van der Waals surface area contributed by atoms with Gasteiger partial charge in [-0.1, -0.05) is 25.1 Å². The van der Waals surface area contributed by atoms with Gasteiger partial charge in [0.1, 0.15) is 4.21 Å². The highest BCUT2D eigenvalue weighted by Gasteiger charge is 2.35. The largest absolute Gasteiger partial charge is 0.478 e. The summed E-state index contributed by atoms with van der Waals surface area (Å²) < 4.78 is 26.9. The maximum atomic E-state index is 12.7. The lowest BCUT2D eigenvalue weighted by atomic mass is 10.0. The summed E-state index contributed by atoms with van der Waals surface area (Å²) in [7, 11) is -3.71. The van der Waals surface area contributed by atoms with Crippen LogP contribution in [-0.2, 0) is 10.0 Å². The molecule has 2 aromatic rings. The number of nitrogens with zero attached hydrogens (tertiary/aromatic N) is 1. The van der Waals surface area contributed by atoms with Crippen LogP contribution in [0.1, 0.15) is 28.8 Å². The minimum Gasteiger partial charge on any atom is -0.478 e. The topological polar surface area (TPSA) is 74.7 Å². The number of rotatable bonds is 3. The highest BCUT2D eigenvalue weighted by molar-refractivity contribution is 7.94. The van der Waals surface area contributed by atoms with E-state index in [1.807, 2.05) is 19.1 Å². The normalized spacial score (nSPS) is 17.8. The van der Waals surface area contributed by atoms with Crippen molar-refractivity contribution in [2.24, 2.45) is 0 Å². The number of thiophene rings is 1. The molecule has 0 bridgehead atoms. The molecule has 0 amide bonds. The maximum Gasteiger partial charge on any atom is 0.336 e. The summed E-state index contributed by atoms with van der Waals surface area (Å²) in [6.45, 7) is 2.35. The van der Waals surface area contributed by atoms with Crippen LogP contribution in [0.4, 0.5) is 5.69 Å². The van der Waals surface area contributed by atoms with E-state index in [0.717, 1.165) is 16.9 Å². The van der Waals surface area contributed by atoms with Gasteiger partial charge in [-0.15, -0.1) is 11.3 Å². The van der Waals surface area contributed by atoms with E-state index in [-0.39, 0.29) is 15.7 Å². The van der Waals surface area contributed by atoms with E-state index < -0.39 is 16.0 Å². The van der Waals surface area contributed by atoms with Crippen LogP contribution in [0.15, 0.2) is 39.9 Å². The molecule has 1 aliphatic heterocycles. The van der Waals surface area contributed by atoms with Gasteiger partial charge in [-0.3, -0.25) is 4.31 Å². The van der Waals surface area contributed by atoms with Crippen molar-refractivity contribution in [2.45, 2.75) is 17.1 Å². The van der Waals surface area contributed by atoms with Crippen LogP contribution >= 0.6 is 11.3 Å². The Morgan fingerprint density at radius 2 is 2.10 bits per heavy atom. The minimum absolute atomic E-state index is 0.000828. The fourth-order valence-electron chi connectivity index (χ4n) is 2.48. The van der Waals surface area contributed by atoms with Crippen LogP contribution in [0.25, 0.3) is 0 Å². The zero-order valence-corrected chi connectivity index (χ0v) is 12.8. The van der Waals surface area contributed by atoms with Crippen molar-refractivity contribution in [1.29, 1.82) is 0 Å². The summed E-state index contributed by atoms with van der Waals surface area (Å²) >= 11 is 0.937. The number of hydrogen-bond donors (Lipinski definition) is 1. The standard InChI is InChI=1S/C14H13NO4S2/c1-9-7-15(12-5-3-2-4-11(9)12)21(18,19)13-6-10(8-20-13)14(16)17/h2-6,8-9H,7H2,1H3,(H,16,17)/t9-/m0/s1. The Morgan fingerprint density at radius 1 is 1.38 bits per heavy atom. The summed E-state index contributed by atoms with van der Waals surface area (Å²) in [5.74, 6) is -1.00. The molecule has 0 aliphatic carbocycles. The number of para-hydroxylation sites is 1. The molecule has 110 valence electrons. The van der Waals surface area contributed by atoms with Crippen molar-refractivity contribution in [1.82, 2.24) is 0 Å². The Bertz CT molecular complexity index is 810. The number of aromatic carboxylic acids is 1. The zero-order valence-electron chi connectivity index (χ0n) is 11.2. The van der Waals surface area contributed by atoms with E-state index in [2.05, 4.69) is 0 Å². The predicted molar refractivity (Wildman–Crippen MR) is 80.7 cm³/mol. The van der Waals surface area contributed by atoms with Crippen molar-refractivity contribution >= 4 is 33.0 Å². The lowest BCUT2D eigenvalue weighted by Crippen LogP contribution is -2.29. The number of carboxylic acid groups (broad SMARTS) is 1. The van der Waals surface area contributed by atoms with Gasteiger partial charge in [-0.25, -0.2) is 13.2 Å². The van der Waals surface area contributed by atoms with Crippen molar-refractivity contribution in [2.75, 3.05) is 10.8 Å².